The number of amides is 1. The van der Waals surface area contributed by atoms with Gasteiger partial charge < -0.3 is 15.4 Å². The van der Waals surface area contributed by atoms with Gasteiger partial charge in [0.2, 0.25) is 5.91 Å². The molecule has 0 saturated heterocycles. The first-order valence-electron chi connectivity index (χ1n) is 8.46. The molecule has 1 aliphatic heterocycles. The summed E-state index contributed by atoms with van der Waals surface area (Å²) in [6.07, 6.45) is 0.702. The van der Waals surface area contributed by atoms with Gasteiger partial charge >= 0.3 is 5.97 Å². The standard InChI is InChI=1S/C20H21BrN2O3/c1-12-6-5-7-13-10-17(22-19(12)13)20(25)23-16(11-18(24)26-2)14-8-3-4-9-15(14)21/h3-9,16-17,22H,10-11H2,1-2H3,(H,23,25). The second-order valence-corrected chi connectivity index (χ2v) is 7.23. The number of hydrogen-bond donors (Lipinski definition) is 2. The topological polar surface area (TPSA) is 67.4 Å². The highest BCUT2D eigenvalue weighted by molar-refractivity contribution is 9.10. The molecule has 0 fully saturated rings. The van der Waals surface area contributed by atoms with Gasteiger partial charge in [0.05, 0.1) is 19.6 Å². The van der Waals surface area contributed by atoms with Crippen molar-refractivity contribution in [3.8, 4) is 0 Å². The van der Waals surface area contributed by atoms with Crippen LogP contribution in [0, 0.1) is 6.92 Å². The van der Waals surface area contributed by atoms with Gasteiger partial charge in [0, 0.05) is 16.6 Å². The highest BCUT2D eigenvalue weighted by Gasteiger charge is 2.30. The number of halogens is 1. The number of aryl methyl sites for hydroxylation is 1. The van der Waals surface area contributed by atoms with Crippen molar-refractivity contribution in [2.75, 3.05) is 12.4 Å². The van der Waals surface area contributed by atoms with Crippen LogP contribution in [0.25, 0.3) is 0 Å². The van der Waals surface area contributed by atoms with E-state index in [0.717, 1.165) is 26.9 Å². The van der Waals surface area contributed by atoms with Crippen molar-refractivity contribution in [1.82, 2.24) is 5.32 Å². The zero-order valence-corrected chi connectivity index (χ0v) is 16.3. The molecule has 2 aromatic carbocycles. The predicted molar refractivity (Wildman–Crippen MR) is 104 cm³/mol. The lowest BCUT2D eigenvalue weighted by Gasteiger charge is -2.22. The Bertz CT molecular complexity index is 838. The molecule has 6 heteroatoms. The second kappa shape index (κ2) is 7.91. The van der Waals surface area contributed by atoms with Crippen LogP contribution in [0.5, 0.6) is 0 Å². The summed E-state index contributed by atoms with van der Waals surface area (Å²) in [5.74, 6) is -0.505. The lowest BCUT2D eigenvalue weighted by atomic mass is 10.0. The van der Waals surface area contributed by atoms with Crippen molar-refractivity contribution in [3.05, 3.63) is 63.6 Å². The van der Waals surface area contributed by atoms with E-state index in [1.54, 1.807) is 0 Å². The van der Waals surface area contributed by atoms with Gasteiger partial charge in [-0.15, -0.1) is 0 Å². The third-order valence-electron chi connectivity index (χ3n) is 4.61. The zero-order chi connectivity index (χ0) is 18.7. The van der Waals surface area contributed by atoms with E-state index >= 15 is 0 Å². The quantitative estimate of drug-likeness (QED) is 0.731. The van der Waals surface area contributed by atoms with Crippen LogP contribution >= 0.6 is 15.9 Å². The van der Waals surface area contributed by atoms with Crippen molar-refractivity contribution in [1.29, 1.82) is 0 Å². The van der Waals surface area contributed by atoms with E-state index in [2.05, 4.69) is 26.6 Å². The fourth-order valence-electron chi connectivity index (χ4n) is 3.23. The van der Waals surface area contributed by atoms with Gasteiger partial charge in [-0.1, -0.05) is 52.3 Å². The average Bonchev–Trinajstić information content (AvgIpc) is 3.07. The van der Waals surface area contributed by atoms with E-state index < -0.39 is 6.04 Å². The number of anilines is 1. The lowest BCUT2D eigenvalue weighted by Crippen LogP contribution is -2.41. The van der Waals surface area contributed by atoms with Gasteiger partial charge in [-0.3, -0.25) is 9.59 Å². The number of carbonyl (C=O) groups is 2. The van der Waals surface area contributed by atoms with E-state index in [1.807, 2.05) is 49.4 Å². The smallest absolute Gasteiger partial charge is 0.307 e. The summed E-state index contributed by atoms with van der Waals surface area (Å²) < 4.78 is 5.63. The van der Waals surface area contributed by atoms with Crippen molar-refractivity contribution in [3.63, 3.8) is 0 Å². The summed E-state index contributed by atoms with van der Waals surface area (Å²) in [6.45, 7) is 2.02. The highest BCUT2D eigenvalue weighted by Crippen LogP contribution is 2.30. The molecule has 2 aromatic rings. The molecular weight excluding hydrogens is 396 g/mol. The van der Waals surface area contributed by atoms with Crippen LogP contribution in [0.2, 0.25) is 0 Å². The molecule has 5 nitrogen and oxygen atoms in total. The molecule has 136 valence electrons. The maximum atomic E-state index is 12.8. The lowest BCUT2D eigenvalue weighted by molar-refractivity contribution is -0.141. The highest BCUT2D eigenvalue weighted by atomic mass is 79.9. The maximum absolute atomic E-state index is 12.8. The molecule has 1 amide bonds. The molecule has 0 aliphatic carbocycles. The van der Waals surface area contributed by atoms with Crippen LogP contribution in [-0.2, 0) is 20.7 Å². The molecule has 0 spiro atoms. The Labute approximate surface area is 161 Å². The number of para-hydroxylation sites is 1. The number of fused-ring (bicyclic) bond motifs is 1. The van der Waals surface area contributed by atoms with Crippen LogP contribution in [0.3, 0.4) is 0 Å². The second-order valence-electron chi connectivity index (χ2n) is 6.37. The molecule has 0 aromatic heterocycles. The first-order valence-corrected chi connectivity index (χ1v) is 9.25. The minimum absolute atomic E-state index is 0.0730. The Balaban J connectivity index is 1.77. The van der Waals surface area contributed by atoms with E-state index in [9.17, 15) is 9.59 Å². The van der Waals surface area contributed by atoms with Crippen LogP contribution in [0.4, 0.5) is 5.69 Å². The molecule has 2 unspecified atom stereocenters. The number of nitrogens with one attached hydrogen (secondary N) is 2. The fourth-order valence-corrected chi connectivity index (χ4v) is 3.79. The van der Waals surface area contributed by atoms with E-state index in [4.69, 9.17) is 4.74 Å². The van der Waals surface area contributed by atoms with Gasteiger partial charge in [-0.05, 0) is 29.7 Å². The first kappa shape index (κ1) is 18.5. The molecular formula is C20H21BrN2O3. The zero-order valence-electron chi connectivity index (χ0n) is 14.7. The molecule has 1 heterocycles. The van der Waals surface area contributed by atoms with Crippen LogP contribution < -0.4 is 10.6 Å². The minimum atomic E-state index is -0.461. The SMILES string of the molecule is COC(=O)CC(NC(=O)C1Cc2cccc(C)c2N1)c1ccccc1Br. The Morgan fingerprint density at radius 3 is 2.73 bits per heavy atom. The molecule has 0 saturated carbocycles. The summed E-state index contributed by atoms with van der Waals surface area (Å²) in [6, 6.07) is 12.8. The van der Waals surface area contributed by atoms with E-state index in [-0.39, 0.29) is 24.3 Å². The summed E-state index contributed by atoms with van der Waals surface area (Å²) in [4.78, 5) is 24.7. The van der Waals surface area contributed by atoms with Crippen LogP contribution in [0.1, 0.15) is 29.2 Å². The summed E-state index contributed by atoms with van der Waals surface area (Å²) in [5.41, 5.74) is 4.13. The average molecular weight is 417 g/mol. The molecule has 0 radical (unpaired) electrons. The Morgan fingerprint density at radius 2 is 2.04 bits per heavy atom. The molecule has 2 N–H and O–H groups in total. The minimum Gasteiger partial charge on any atom is -0.469 e. The number of esters is 1. The van der Waals surface area contributed by atoms with Gasteiger partial charge in [-0.2, -0.15) is 0 Å². The van der Waals surface area contributed by atoms with Crippen LogP contribution in [-0.4, -0.2) is 25.0 Å². The molecule has 3 rings (SSSR count). The summed E-state index contributed by atoms with van der Waals surface area (Å²) in [7, 11) is 1.35. The Morgan fingerprint density at radius 1 is 1.27 bits per heavy atom. The number of methoxy groups -OCH3 is 1. The number of hydrogen-bond acceptors (Lipinski definition) is 4. The van der Waals surface area contributed by atoms with Crippen molar-refractivity contribution in [2.45, 2.75) is 31.8 Å². The van der Waals surface area contributed by atoms with Crippen molar-refractivity contribution < 1.29 is 14.3 Å². The number of carbonyl (C=O) groups excluding carboxylic acids is 2. The molecule has 2 atom stereocenters. The van der Waals surface area contributed by atoms with Crippen LogP contribution in [0.15, 0.2) is 46.9 Å². The normalized spacial score (nSPS) is 16.3. The Kier molecular flexibility index (Phi) is 5.61. The first-order chi connectivity index (χ1) is 12.5. The number of rotatable bonds is 5. The Hall–Kier alpha value is -2.34. The maximum Gasteiger partial charge on any atom is 0.307 e. The van der Waals surface area contributed by atoms with Gasteiger partial charge in [0.15, 0.2) is 0 Å². The largest absolute Gasteiger partial charge is 0.469 e. The summed E-state index contributed by atoms with van der Waals surface area (Å²) >= 11 is 3.50. The van der Waals surface area contributed by atoms with Crippen molar-refractivity contribution >= 4 is 33.5 Å². The monoisotopic (exact) mass is 416 g/mol. The van der Waals surface area contributed by atoms with Gasteiger partial charge in [0.1, 0.15) is 6.04 Å². The van der Waals surface area contributed by atoms with E-state index in [1.165, 1.54) is 7.11 Å². The third kappa shape index (κ3) is 3.90. The molecule has 26 heavy (non-hydrogen) atoms. The van der Waals surface area contributed by atoms with Crippen molar-refractivity contribution in [2.24, 2.45) is 0 Å². The molecule has 1 aliphatic rings. The number of benzene rings is 2. The van der Waals surface area contributed by atoms with Gasteiger partial charge in [-0.25, -0.2) is 0 Å². The predicted octanol–water partition coefficient (Wildman–Crippen LogP) is 3.51. The summed E-state index contributed by atoms with van der Waals surface area (Å²) in [5, 5.41) is 6.30. The van der Waals surface area contributed by atoms with E-state index in [0.29, 0.717) is 6.42 Å². The number of ether oxygens (including phenoxy) is 1. The fraction of sp³-hybridized carbons (Fsp3) is 0.300. The third-order valence-corrected chi connectivity index (χ3v) is 5.34. The molecule has 0 bridgehead atoms. The van der Waals surface area contributed by atoms with Gasteiger partial charge in [0.25, 0.3) is 0 Å².